The van der Waals surface area contributed by atoms with Crippen molar-refractivity contribution in [1.82, 2.24) is 0 Å². The number of rotatable bonds is 4. The van der Waals surface area contributed by atoms with Crippen molar-refractivity contribution in [1.29, 1.82) is 0 Å². The second-order valence-corrected chi connectivity index (χ2v) is 7.15. The van der Waals surface area contributed by atoms with Crippen molar-refractivity contribution >= 4 is 44.0 Å². The van der Waals surface area contributed by atoms with Crippen molar-refractivity contribution in [2.24, 2.45) is 10.2 Å². The third kappa shape index (κ3) is 3.25. The molecule has 0 bridgehead atoms. The van der Waals surface area contributed by atoms with E-state index < -0.39 is 15.5 Å². The number of para-hydroxylation sites is 2. The molecule has 1 aromatic heterocycles. The molecule has 3 aromatic rings. The predicted molar refractivity (Wildman–Crippen MR) is 110 cm³/mol. The van der Waals surface area contributed by atoms with Crippen LogP contribution in [0.15, 0.2) is 71.0 Å². The first-order chi connectivity index (χ1) is 14.0. The van der Waals surface area contributed by atoms with Crippen LogP contribution in [-0.4, -0.2) is 16.9 Å². The van der Waals surface area contributed by atoms with Gasteiger partial charge in [-0.05, 0) is 23.5 Å². The molecular weight excluding hydrogens is 394 g/mol. The molecule has 1 aliphatic rings. The lowest BCUT2D eigenvalue weighted by molar-refractivity contribution is -0.389. The van der Waals surface area contributed by atoms with Gasteiger partial charge in [-0.15, -0.1) is 5.11 Å². The van der Waals surface area contributed by atoms with Crippen LogP contribution in [0.2, 0.25) is 0 Å². The van der Waals surface area contributed by atoms with Crippen LogP contribution in [-0.2, 0) is 0 Å². The Labute approximate surface area is 168 Å². The molecule has 0 amide bonds. The summed E-state index contributed by atoms with van der Waals surface area (Å²) in [5.41, 5.74) is 4.24. The van der Waals surface area contributed by atoms with Crippen molar-refractivity contribution in [3.8, 4) is 0 Å². The first-order valence-electron chi connectivity index (χ1n) is 8.43. The molecule has 0 atom stereocenters. The van der Waals surface area contributed by atoms with Gasteiger partial charge < -0.3 is 4.90 Å². The summed E-state index contributed by atoms with van der Waals surface area (Å²) < 4.78 is 0. The van der Waals surface area contributed by atoms with Gasteiger partial charge in [0.1, 0.15) is 6.07 Å². The van der Waals surface area contributed by atoms with Gasteiger partial charge in [0, 0.05) is 35.1 Å². The largest absolute Gasteiger partial charge is 0.344 e. The Kier molecular flexibility index (Phi) is 4.61. The number of nitro groups is 2. The number of fused-ring (bicyclic) bond motifs is 2. The molecule has 0 aliphatic carbocycles. The zero-order valence-electron chi connectivity index (χ0n) is 15.1. The molecule has 2 heterocycles. The van der Waals surface area contributed by atoms with E-state index in [9.17, 15) is 20.2 Å². The molecular formula is C19H13N5O4S. The average molecular weight is 407 g/mol. The molecule has 2 aromatic carbocycles. The second-order valence-electron chi connectivity index (χ2n) is 6.14. The number of nitrogens with zero attached hydrogens (tertiary/aromatic N) is 5. The van der Waals surface area contributed by atoms with E-state index in [2.05, 4.69) is 15.1 Å². The molecule has 0 saturated carbocycles. The fourth-order valence-corrected chi connectivity index (χ4v) is 3.96. The van der Waals surface area contributed by atoms with E-state index in [1.165, 1.54) is 6.20 Å². The van der Waals surface area contributed by atoms with Crippen molar-refractivity contribution in [2.45, 2.75) is 0 Å². The zero-order valence-corrected chi connectivity index (χ0v) is 15.9. The Bertz CT molecular complexity index is 1150. The quantitative estimate of drug-likeness (QED) is 0.307. The minimum atomic E-state index is -0.703. The van der Waals surface area contributed by atoms with E-state index in [0.717, 1.165) is 34.1 Å². The minimum absolute atomic E-state index is 0.118. The van der Waals surface area contributed by atoms with E-state index in [1.54, 1.807) is 0 Å². The third-order valence-corrected chi connectivity index (χ3v) is 5.46. The topological polar surface area (TPSA) is 114 Å². The van der Waals surface area contributed by atoms with Crippen molar-refractivity contribution in [3.05, 3.63) is 92.2 Å². The normalized spacial score (nSPS) is 12.6. The first kappa shape index (κ1) is 18.4. The van der Waals surface area contributed by atoms with Crippen molar-refractivity contribution < 1.29 is 9.85 Å². The standard InChI is InChI=1S/C19H13N5O4S/c1-22-15-8-4-2-6-12(15)14(13-7-3-5-9-16(13)22)11-20-21-19-17(23(25)26)10-18(29-19)24(27)28/h2-11H,1H3. The van der Waals surface area contributed by atoms with Crippen LogP contribution in [0, 0.1) is 20.2 Å². The lowest BCUT2D eigenvalue weighted by Gasteiger charge is -2.31. The number of hydrogen-bond acceptors (Lipinski definition) is 8. The second kappa shape index (κ2) is 7.24. The van der Waals surface area contributed by atoms with Crippen LogP contribution in [0.3, 0.4) is 0 Å². The molecule has 4 rings (SSSR count). The maximum absolute atomic E-state index is 11.2. The Morgan fingerprint density at radius 1 is 0.966 bits per heavy atom. The monoisotopic (exact) mass is 407 g/mol. The summed E-state index contributed by atoms with van der Waals surface area (Å²) in [6.07, 6.45) is 1.53. The number of azo groups is 1. The molecule has 0 saturated heterocycles. The van der Waals surface area contributed by atoms with Gasteiger partial charge in [0.05, 0.1) is 16.0 Å². The summed E-state index contributed by atoms with van der Waals surface area (Å²) in [6, 6.07) is 16.5. The fraction of sp³-hybridized carbons (Fsp3) is 0.0526. The summed E-state index contributed by atoms with van der Waals surface area (Å²) in [5.74, 6) is 0. The highest BCUT2D eigenvalue weighted by molar-refractivity contribution is 7.19. The Balaban J connectivity index is 1.79. The van der Waals surface area contributed by atoms with Crippen LogP contribution in [0.1, 0.15) is 11.1 Å². The molecule has 0 spiro atoms. The van der Waals surface area contributed by atoms with E-state index in [1.807, 2.05) is 55.6 Å². The Hall–Kier alpha value is -3.92. The lowest BCUT2D eigenvalue weighted by atomic mass is 9.91. The summed E-state index contributed by atoms with van der Waals surface area (Å²) in [5, 5.41) is 29.5. The molecule has 0 fully saturated rings. The van der Waals surface area contributed by atoms with Crippen LogP contribution in [0.25, 0.3) is 5.57 Å². The highest BCUT2D eigenvalue weighted by Crippen LogP contribution is 2.44. The summed E-state index contributed by atoms with van der Waals surface area (Å²) in [4.78, 5) is 22.8. The van der Waals surface area contributed by atoms with Gasteiger partial charge in [0.2, 0.25) is 5.00 Å². The number of benzene rings is 2. The van der Waals surface area contributed by atoms with Crippen molar-refractivity contribution in [3.63, 3.8) is 0 Å². The predicted octanol–water partition coefficient (Wildman–Crippen LogP) is 5.82. The highest BCUT2D eigenvalue weighted by atomic mass is 32.1. The maximum atomic E-state index is 11.2. The van der Waals surface area contributed by atoms with E-state index >= 15 is 0 Å². The van der Waals surface area contributed by atoms with Crippen LogP contribution >= 0.6 is 11.3 Å². The average Bonchev–Trinajstić information content (AvgIpc) is 3.15. The van der Waals surface area contributed by atoms with E-state index in [4.69, 9.17) is 0 Å². The van der Waals surface area contributed by atoms with Crippen LogP contribution in [0.5, 0.6) is 0 Å². The van der Waals surface area contributed by atoms with Gasteiger partial charge in [-0.2, -0.15) is 5.11 Å². The molecule has 10 heteroatoms. The maximum Gasteiger partial charge on any atom is 0.333 e. The molecule has 1 aliphatic heterocycles. The Morgan fingerprint density at radius 2 is 1.55 bits per heavy atom. The van der Waals surface area contributed by atoms with Crippen LogP contribution < -0.4 is 4.90 Å². The first-order valence-corrected chi connectivity index (χ1v) is 9.25. The molecule has 29 heavy (non-hydrogen) atoms. The lowest BCUT2D eigenvalue weighted by Crippen LogP contribution is -2.17. The Morgan fingerprint density at radius 3 is 2.10 bits per heavy atom. The molecule has 0 radical (unpaired) electrons. The smallest absolute Gasteiger partial charge is 0.333 e. The third-order valence-electron chi connectivity index (χ3n) is 4.50. The van der Waals surface area contributed by atoms with E-state index in [-0.39, 0.29) is 10.0 Å². The van der Waals surface area contributed by atoms with Gasteiger partial charge in [0.15, 0.2) is 0 Å². The summed E-state index contributed by atoms with van der Waals surface area (Å²) >= 11 is 0.615. The summed E-state index contributed by atoms with van der Waals surface area (Å²) in [7, 11) is 1.98. The van der Waals surface area contributed by atoms with Gasteiger partial charge in [0.25, 0.3) is 0 Å². The summed E-state index contributed by atoms with van der Waals surface area (Å²) in [6.45, 7) is 0. The van der Waals surface area contributed by atoms with E-state index in [0.29, 0.717) is 11.3 Å². The number of thiophene rings is 1. The van der Waals surface area contributed by atoms with Crippen molar-refractivity contribution in [2.75, 3.05) is 11.9 Å². The SMILES string of the molecule is CN1c2ccccc2C(=CN=Nc2sc([N+](=O)[O-])cc2[N+](=O)[O-])c2ccccc21. The minimum Gasteiger partial charge on any atom is -0.344 e. The van der Waals surface area contributed by atoms with Gasteiger partial charge in [-0.25, -0.2) is 0 Å². The number of anilines is 2. The molecule has 144 valence electrons. The molecule has 9 nitrogen and oxygen atoms in total. The highest BCUT2D eigenvalue weighted by Gasteiger charge is 2.26. The fourth-order valence-electron chi connectivity index (χ4n) is 3.19. The molecule has 0 unspecified atom stereocenters. The zero-order chi connectivity index (χ0) is 20.5. The van der Waals surface area contributed by atoms with Gasteiger partial charge in [-0.3, -0.25) is 20.2 Å². The van der Waals surface area contributed by atoms with Gasteiger partial charge >= 0.3 is 10.7 Å². The van der Waals surface area contributed by atoms with Gasteiger partial charge in [-0.1, -0.05) is 36.4 Å². The molecule has 0 N–H and O–H groups in total. The van der Waals surface area contributed by atoms with Crippen LogP contribution in [0.4, 0.5) is 27.1 Å². The number of hydrogen-bond donors (Lipinski definition) is 0.